The van der Waals surface area contributed by atoms with Crippen LogP contribution in [0.25, 0.3) is 0 Å². The number of benzene rings is 4. The first-order chi connectivity index (χ1) is 18.8. The van der Waals surface area contributed by atoms with Gasteiger partial charge in [-0.15, -0.1) is 0 Å². The van der Waals surface area contributed by atoms with Gasteiger partial charge < -0.3 is 5.11 Å². The topological polar surface area (TPSA) is 84.9 Å². The maximum atomic E-state index is 14.5. The summed E-state index contributed by atoms with van der Waals surface area (Å²) < 4.78 is 0. The zero-order valence-corrected chi connectivity index (χ0v) is 22.1. The van der Waals surface area contributed by atoms with Gasteiger partial charge >= 0.3 is 0 Å². The lowest BCUT2D eigenvalue weighted by Crippen LogP contribution is -2.55. The van der Waals surface area contributed by atoms with E-state index in [4.69, 9.17) is 0 Å². The molecule has 4 atom stereocenters. The van der Waals surface area contributed by atoms with Crippen molar-refractivity contribution in [2.24, 2.45) is 11.3 Å². The second-order valence-electron chi connectivity index (χ2n) is 10.6. The maximum absolute atomic E-state index is 14.5. The van der Waals surface area contributed by atoms with E-state index in [2.05, 4.69) is 12.1 Å². The highest BCUT2D eigenvalue weighted by Crippen LogP contribution is 2.63. The first-order valence-corrected chi connectivity index (χ1v) is 13.2. The van der Waals surface area contributed by atoms with E-state index in [9.17, 15) is 20.4 Å². The van der Waals surface area contributed by atoms with Crippen molar-refractivity contribution in [3.8, 4) is 12.1 Å². The summed E-state index contributed by atoms with van der Waals surface area (Å²) in [5.41, 5.74) is 1.33. The van der Waals surface area contributed by atoms with Crippen molar-refractivity contribution in [1.82, 2.24) is 0 Å². The number of Topliss-reactive ketones (excluding diaryl/α,β-unsaturated/α-hetero) is 1. The van der Waals surface area contributed by atoms with Crippen LogP contribution >= 0.6 is 0 Å². The molecule has 4 aromatic carbocycles. The molecule has 0 aromatic heterocycles. The molecule has 0 heterocycles. The number of aliphatic hydroxyl groups is 1. The Balaban J connectivity index is 1.85. The van der Waals surface area contributed by atoms with Gasteiger partial charge in [0.25, 0.3) is 0 Å². The molecule has 39 heavy (non-hydrogen) atoms. The number of nitriles is 2. The lowest BCUT2D eigenvalue weighted by atomic mass is 9.48. The Kier molecular flexibility index (Phi) is 6.92. The minimum Gasteiger partial charge on any atom is -0.384 e. The number of nitrogens with zero attached hydrogens (tertiary/aromatic N) is 2. The Morgan fingerprint density at radius 3 is 1.74 bits per heavy atom. The zero-order valence-electron chi connectivity index (χ0n) is 22.1. The number of carbonyl (C=O) groups excluding carboxylic acids is 1. The summed E-state index contributed by atoms with van der Waals surface area (Å²) in [6.07, 6.45) is 0.0484. The van der Waals surface area contributed by atoms with Crippen LogP contribution in [-0.2, 0) is 5.60 Å². The fourth-order valence-corrected chi connectivity index (χ4v) is 6.26. The minimum atomic E-state index is -1.64. The van der Waals surface area contributed by atoms with Crippen molar-refractivity contribution in [3.05, 3.63) is 143 Å². The summed E-state index contributed by atoms with van der Waals surface area (Å²) in [5.74, 6) is -2.91. The fraction of sp³-hybridized carbons (Fsp3) is 0.229. The number of hydrogen-bond donors (Lipinski definition) is 1. The third-order valence-electron chi connectivity index (χ3n) is 8.30. The van der Waals surface area contributed by atoms with E-state index in [1.54, 1.807) is 24.3 Å². The van der Waals surface area contributed by atoms with Gasteiger partial charge in [-0.2, -0.15) is 10.5 Å². The van der Waals surface area contributed by atoms with Gasteiger partial charge in [0.05, 0.1) is 18.1 Å². The predicted molar refractivity (Wildman–Crippen MR) is 151 cm³/mol. The van der Waals surface area contributed by atoms with Crippen molar-refractivity contribution in [2.75, 3.05) is 0 Å². The van der Waals surface area contributed by atoms with E-state index < -0.39 is 28.8 Å². The van der Waals surface area contributed by atoms with Gasteiger partial charge in [-0.25, -0.2) is 0 Å². The highest BCUT2D eigenvalue weighted by atomic mass is 16.3. The lowest BCUT2D eigenvalue weighted by Gasteiger charge is -2.53. The molecular weight excluding hydrogens is 480 g/mol. The first-order valence-electron chi connectivity index (χ1n) is 13.2. The van der Waals surface area contributed by atoms with Crippen LogP contribution in [0, 0.1) is 47.8 Å². The highest BCUT2D eigenvalue weighted by molar-refractivity contribution is 5.99. The lowest BCUT2D eigenvalue weighted by molar-refractivity contribution is -0.0783. The van der Waals surface area contributed by atoms with E-state index in [1.807, 2.05) is 98.8 Å². The molecule has 1 aliphatic rings. The Labute approximate surface area is 229 Å². The monoisotopic (exact) mass is 510 g/mol. The molecule has 0 saturated heterocycles. The molecule has 0 radical (unpaired) electrons. The van der Waals surface area contributed by atoms with E-state index in [-0.39, 0.29) is 12.2 Å². The maximum Gasteiger partial charge on any atom is 0.169 e. The smallest absolute Gasteiger partial charge is 0.169 e. The van der Waals surface area contributed by atoms with E-state index >= 15 is 0 Å². The molecule has 1 N–H and O–H groups in total. The quantitative estimate of drug-likeness (QED) is 0.293. The Hall–Kier alpha value is -4.51. The van der Waals surface area contributed by atoms with Crippen molar-refractivity contribution >= 4 is 5.78 Å². The molecule has 0 aliphatic heterocycles. The molecule has 192 valence electrons. The first kappa shape index (κ1) is 26.1. The molecule has 0 amide bonds. The van der Waals surface area contributed by atoms with E-state index in [1.165, 1.54) is 0 Å². The van der Waals surface area contributed by atoms with Gasteiger partial charge in [0.15, 0.2) is 11.2 Å². The average Bonchev–Trinajstić information content (AvgIpc) is 2.98. The van der Waals surface area contributed by atoms with Crippen LogP contribution in [0.1, 0.15) is 56.4 Å². The van der Waals surface area contributed by atoms with Gasteiger partial charge in [0, 0.05) is 17.4 Å². The zero-order chi connectivity index (χ0) is 27.6. The number of aryl methyl sites for hydroxylation is 2. The number of rotatable bonds is 5. The molecule has 4 heteroatoms. The fourth-order valence-electron chi connectivity index (χ4n) is 6.26. The Morgan fingerprint density at radius 1 is 0.744 bits per heavy atom. The summed E-state index contributed by atoms with van der Waals surface area (Å²) in [4.78, 5) is 14.5. The minimum absolute atomic E-state index is 0.0484. The average molecular weight is 511 g/mol. The van der Waals surface area contributed by atoms with Crippen molar-refractivity contribution < 1.29 is 9.90 Å². The largest absolute Gasteiger partial charge is 0.384 e. The van der Waals surface area contributed by atoms with Gasteiger partial charge in [-0.3, -0.25) is 4.79 Å². The summed E-state index contributed by atoms with van der Waals surface area (Å²) in [5, 5.41) is 34.5. The molecule has 1 aliphatic carbocycles. The van der Waals surface area contributed by atoms with Crippen LogP contribution in [0.4, 0.5) is 0 Å². The second kappa shape index (κ2) is 10.3. The third-order valence-corrected chi connectivity index (χ3v) is 8.30. The molecule has 1 fully saturated rings. The van der Waals surface area contributed by atoms with E-state index in [0.717, 1.165) is 16.7 Å². The summed E-state index contributed by atoms with van der Waals surface area (Å²) in [6, 6.07) is 38.3. The molecule has 0 bridgehead atoms. The molecule has 4 nitrogen and oxygen atoms in total. The third kappa shape index (κ3) is 4.44. The molecule has 0 unspecified atom stereocenters. The van der Waals surface area contributed by atoms with Gasteiger partial charge in [-0.05, 0) is 37.0 Å². The number of ketones is 1. The van der Waals surface area contributed by atoms with Gasteiger partial charge in [0.1, 0.15) is 5.60 Å². The Bertz CT molecular complexity index is 1530. The van der Waals surface area contributed by atoms with Gasteiger partial charge in [0.2, 0.25) is 0 Å². The van der Waals surface area contributed by atoms with Crippen molar-refractivity contribution in [1.29, 1.82) is 10.5 Å². The van der Waals surface area contributed by atoms with Crippen LogP contribution < -0.4 is 0 Å². The predicted octanol–water partition coefficient (Wildman–Crippen LogP) is 7.00. The summed E-state index contributed by atoms with van der Waals surface area (Å²) in [7, 11) is 0. The van der Waals surface area contributed by atoms with Crippen LogP contribution in [0.3, 0.4) is 0 Å². The van der Waals surface area contributed by atoms with Crippen molar-refractivity contribution in [2.45, 2.75) is 37.7 Å². The number of hydrogen-bond acceptors (Lipinski definition) is 4. The molecule has 5 rings (SSSR count). The second-order valence-corrected chi connectivity index (χ2v) is 10.6. The normalized spacial score (nSPS) is 23.8. The van der Waals surface area contributed by atoms with Crippen LogP contribution in [0.15, 0.2) is 109 Å². The van der Waals surface area contributed by atoms with E-state index in [0.29, 0.717) is 16.7 Å². The van der Waals surface area contributed by atoms with Crippen LogP contribution in [0.2, 0.25) is 0 Å². The molecule has 1 saturated carbocycles. The highest BCUT2D eigenvalue weighted by Gasteiger charge is 2.64. The van der Waals surface area contributed by atoms with Crippen LogP contribution in [-0.4, -0.2) is 10.9 Å². The molecule has 4 aromatic rings. The van der Waals surface area contributed by atoms with Crippen LogP contribution in [0.5, 0.6) is 0 Å². The SMILES string of the molecule is Cc1ccc([C@@H]2[C@H](C(=O)c3ccccc3)[C@](O)(c3ccccc3)C[C@@H](c3ccc(C)cc3)C2(C#N)C#N)cc1. The van der Waals surface area contributed by atoms with Crippen molar-refractivity contribution in [3.63, 3.8) is 0 Å². The Morgan fingerprint density at radius 2 is 1.23 bits per heavy atom. The number of carbonyl (C=O) groups is 1. The molecule has 0 spiro atoms. The van der Waals surface area contributed by atoms with Gasteiger partial charge in [-0.1, -0.05) is 120 Å². The summed E-state index contributed by atoms with van der Waals surface area (Å²) in [6.45, 7) is 3.95. The molecular formula is C35H30N2O2. The summed E-state index contributed by atoms with van der Waals surface area (Å²) >= 11 is 0. The standard InChI is InChI=1S/C35H30N2O2/c1-24-13-17-26(18-14-24)30-21-35(39,29-11-7-4-8-12-29)32(33(38)28-9-5-3-6-10-28)31(34(30,22-36)23-37)27-19-15-25(2)16-20-27/h3-20,30-32,39H,21H2,1-2H3/t30-,31+,32+,35+/m0/s1.